The van der Waals surface area contributed by atoms with Gasteiger partial charge in [-0.25, -0.2) is 4.79 Å². The van der Waals surface area contributed by atoms with Crippen LogP contribution in [0.5, 0.6) is 5.75 Å². The van der Waals surface area contributed by atoms with Gasteiger partial charge in [0.1, 0.15) is 12.4 Å². The lowest BCUT2D eigenvalue weighted by molar-refractivity contribution is 0.0696. The molecule has 3 heteroatoms. The van der Waals surface area contributed by atoms with Crippen molar-refractivity contribution in [3.05, 3.63) is 64.7 Å². The van der Waals surface area contributed by atoms with Gasteiger partial charge in [0.05, 0.1) is 5.56 Å². The Morgan fingerprint density at radius 1 is 1.14 bits per heavy atom. The van der Waals surface area contributed by atoms with Crippen LogP contribution in [0.25, 0.3) is 0 Å². The molecule has 0 radical (unpaired) electrons. The summed E-state index contributed by atoms with van der Waals surface area (Å²) in [5.74, 6) is 0.179. The van der Waals surface area contributed by atoms with Crippen LogP contribution in [0.3, 0.4) is 0 Å². The van der Waals surface area contributed by atoms with Crippen molar-refractivity contribution in [1.82, 2.24) is 0 Å². The van der Waals surface area contributed by atoms with Crippen molar-refractivity contribution in [2.24, 2.45) is 0 Å². The van der Waals surface area contributed by atoms with Crippen LogP contribution in [0, 0.1) is 6.92 Å². The summed E-state index contributed by atoms with van der Waals surface area (Å²) >= 11 is 0. The van der Waals surface area contributed by atoms with Crippen molar-refractivity contribution in [2.75, 3.05) is 0 Å². The number of rotatable bonds is 5. The van der Waals surface area contributed by atoms with Gasteiger partial charge < -0.3 is 9.84 Å². The molecule has 0 spiro atoms. The summed E-state index contributed by atoms with van der Waals surface area (Å²) < 4.78 is 5.75. The molecule has 0 unspecified atom stereocenters. The Balaban J connectivity index is 2.09. The van der Waals surface area contributed by atoms with Gasteiger partial charge in [-0.2, -0.15) is 0 Å². The SMILES string of the molecule is Cc1ccc(C(=O)O)cc1OCc1ccc(C(C)C)cc1. The van der Waals surface area contributed by atoms with Crippen LogP contribution in [0.15, 0.2) is 42.5 Å². The van der Waals surface area contributed by atoms with Crippen LogP contribution in [-0.4, -0.2) is 11.1 Å². The van der Waals surface area contributed by atoms with Gasteiger partial charge in [0.2, 0.25) is 0 Å². The molecule has 0 atom stereocenters. The van der Waals surface area contributed by atoms with Crippen molar-refractivity contribution in [3.8, 4) is 5.75 Å². The number of aromatic carboxylic acids is 1. The summed E-state index contributed by atoms with van der Waals surface area (Å²) in [6.45, 7) is 6.66. The standard InChI is InChI=1S/C18H20O3/c1-12(2)15-8-5-14(6-9-15)11-21-17-10-16(18(19)20)7-4-13(17)3/h4-10,12H,11H2,1-3H3,(H,19,20). The molecule has 0 aliphatic heterocycles. The van der Waals surface area contributed by atoms with Crippen LogP contribution < -0.4 is 4.74 Å². The highest BCUT2D eigenvalue weighted by Crippen LogP contribution is 2.21. The van der Waals surface area contributed by atoms with Crippen LogP contribution in [0.2, 0.25) is 0 Å². The second kappa shape index (κ2) is 6.44. The molecule has 2 aromatic rings. The molecule has 21 heavy (non-hydrogen) atoms. The maximum Gasteiger partial charge on any atom is 0.335 e. The molecule has 110 valence electrons. The largest absolute Gasteiger partial charge is 0.489 e. The van der Waals surface area contributed by atoms with E-state index >= 15 is 0 Å². The summed E-state index contributed by atoms with van der Waals surface area (Å²) in [4.78, 5) is 11.0. The van der Waals surface area contributed by atoms with E-state index < -0.39 is 5.97 Å². The maximum absolute atomic E-state index is 11.0. The van der Waals surface area contributed by atoms with Crippen molar-refractivity contribution < 1.29 is 14.6 Å². The van der Waals surface area contributed by atoms with Gasteiger partial charge >= 0.3 is 5.97 Å². The van der Waals surface area contributed by atoms with E-state index in [9.17, 15) is 4.79 Å². The normalized spacial score (nSPS) is 10.7. The third-order valence-electron chi connectivity index (χ3n) is 3.48. The number of hydrogen-bond donors (Lipinski definition) is 1. The molecule has 0 fully saturated rings. The summed E-state index contributed by atoms with van der Waals surface area (Å²) in [5.41, 5.74) is 3.53. The number of benzene rings is 2. The van der Waals surface area contributed by atoms with Crippen molar-refractivity contribution in [1.29, 1.82) is 0 Å². The first kappa shape index (κ1) is 15.1. The smallest absolute Gasteiger partial charge is 0.335 e. The van der Waals surface area contributed by atoms with Gasteiger partial charge in [0.15, 0.2) is 0 Å². The molecule has 2 rings (SSSR count). The molecule has 2 aromatic carbocycles. The average Bonchev–Trinajstić information content (AvgIpc) is 2.46. The van der Waals surface area contributed by atoms with E-state index in [2.05, 4.69) is 26.0 Å². The van der Waals surface area contributed by atoms with Crippen LogP contribution in [0.1, 0.15) is 46.8 Å². The quantitative estimate of drug-likeness (QED) is 0.885. The highest BCUT2D eigenvalue weighted by molar-refractivity contribution is 5.88. The van der Waals surface area contributed by atoms with Gasteiger partial charge in [-0.3, -0.25) is 0 Å². The Morgan fingerprint density at radius 3 is 2.38 bits per heavy atom. The zero-order valence-corrected chi connectivity index (χ0v) is 12.6. The Labute approximate surface area is 125 Å². The lowest BCUT2D eigenvalue weighted by atomic mass is 10.0. The van der Waals surface area contributed by atoms with Crippen LogP contribution >= 0.6 is 0 Å². The minimum atomic E-state index is -0.943. The third-order valence-corrected chi connectivity index (χ3v) is 3.48. The van der Waals surface area contributed by atoms with E-state index in [1.165, 1.54) is 5.56 Å². The Morgan fingerprint density at radius 2 is 1.81 bits per heavy atom. The fourth-order valence-corrected chi connectivity index (χ4v) is 2.05. The fourth-order valence-electron chi connectivity index (χ4n) is 2.05. The molecule has 3 nitrogen and oxygen atoms in total. The Bertz CT molecular complexity index is 627. The lowest BCUT2D eigenvalue weighted by Crippen LogP contribution is -2.01. The zero-order valence-electron chi connectivity index (χ0n) is 12.6. The van der Waals surface area contributed by atoms with Crippen LogP contribution in [-0.2, 0) is 6.61 Å². The molecule has 0 heterocycles. The molecular formula is C18H20O3. The van der Waals surface area contributed by atoms with E-state index in [4.69, 9.17) is 9.84 Å². The van der Waals surface area contributed by atoms with Crippen molar-refractivity contribution in [3.63, 3.8) is 0 Å². The van der Waals surface area contributed by atoms with Gasteiger partial charge in [-0.15, -0.1) is 0 Å². The average molecular weight is 284 g/mol. The van der Waals surface area contributed by atoms with E-state index in [0.29, 0.717) is 18.3 Å². The maximum atomic E-state index is 11.0. The molecule has 0 saturated carbocycles. The van der Waals surface area contributed by atoms with Crippen LogP contribution in [0.4, 0.5) is 0 Å². The predicted molar refractivity (Wildman–Crippen MR) is 83.0 cm³/mol. The monoisotopic (exact) mass is 284 g/mol. The summed E-state index contributed by atoms with van der Waals surface area (Å²) in [7, 11) is 0. The van der Waals surface area contributed by atoms with Gasteiger partial charge in [0.25, 0.3) is 0 Å². The van der Waals surface area contributed by atoms with Gasteiger partial charge in [-0.05, 0) is 41.7 Å². The molecule has 1 N–H and O–H groups in total. The minimum Gasteiger partial charge on any atom is -0.489 e. The van der Waals surface area contributed by atoms with Crippen molar-refractivity contribution >= 4 is 5.97 Å². The fraction of sp³-hybridized carbons (Fsp3) is 0.278. The van der Waals surface area contributed by atoms with E-state index in [1.54, 1.807) is 18.2 Å². The molecule has 0 bridgehead atoms. The second-order valence-electron chi connectivity index (χ2n) is 5.47. The number of aryl methyl sites for hydroxylation is 1. The number of carboxylic acids is 1. The van der Waals surface area contributed by atoms with Crippen molar-refractivity contribution in [2.45, 2.75) is 33.3 Å². The first-order chi connectivity index (χ1) is 9.97. The van der Waals surface area contributed by atoms with E-state index in [0.717, 1.165) is 11.1 Å². The second-order valence-corrected chi connectivity index (χ2v) is 5.47. The Kier molecular flexibility index (Phi) is 4.63. The summed E-state index contributed by atoms with van der Waals surface area (Å²) in [6.07, 6.45) is 0. The van der Waals surface area contributed by atoms with E-state index in [1.807, 2.05) is 19.1 Å². The predicted octanol–water partition coefficient (Wildman–Crippen LogP) is 4.40. The molecule has 0 aliphatic rings. The first-order valence-corrected chi connectivity index (χ1v) is 7.03. The number of hydrogen-bond acceptors (Lipinski definition) is 2. The highest BCUT2D eigenvalue weighted by atomic mass is 16.5. The highest BCUT2D eigenvalue weighted by Gasteiger charge is 2.07. The third kappa shape index (κ3) is 3.85. The molecule has 0 aromatic heterocycles. The van der Waals surface area contributed by atoms with Gasteiger partial charge in [-0.1, -0.05) is 44.2 Å². The number of carboxylic acid groups (broad SMARTS) is 1. The lowest BCUT2D eigenvalue weighted by Gasteiger charge is -2.11. The molecule has 0 aliphatic carbocycles. The molecule has 0 amide bonds. The summed E-state index contributed by atoms with van der Waals surface area (Å²) in [5, 5.41) is 9.01. The minimum absolute atomic E-state index is 0.241. The molecular weight excluding hydrogens is 264 g/mol. The van der Waals surface area contributed by atoms with Gasteiger partial charge in [0, 0.05) is 0 Å². The first-order valence-electron chi connectivity index (χ1n) is 7.03. The molecule has 0 saturated heterocycles. The summed E-state index contributed by atoms with van der Waals surface area (Å²) in [6, 6.07) is 13.2. The zero-order chi connectivity index (χ0) is 15.4. The number of carbonyl (C=O) groups is 1. The number of ether oxygens (including phenoxy) is 1. The topological polar surface area (TPSA) is 46.5 Å². The Hall–Kier alpha value is -2.29. The van der Waals surface area contributed by atoms with E-state index in [-0.39, 0.29) is 5.56 Å².